The van der Waals surface area contributed by atoms with Gasteiger partial charge in [0.05, 0.1) is 19.9 Å². The predicted molar refractivity (Wildman–Crippen MR) is 73.4 cm³/mol. The van der Waals surface area contributed by atoms with Gasteiger partial charge in [0.2, 0.25) is 0 Å². The van der Waals surface area contributed by atoms with Gasteiger partial charge in [-0.25, -0.2) is 4.79 Å². The number of hydrogen-bond acceptors (Lipinski definition) is 4. The number of nitriles is 1. The lowest BCUT2D eigenvalue weighted by Gasteiger charge is -2.00. The summed E-state index contributed by atoms with van der Waals surface area (Å²) in [5.41, 5.74) is 1.76. The van der Waals surface area contributed by atoms with Crippen LogP contribution in [0, 0.1) is 11.3 Å². The Hall–Kier alpha value is -2.87. The Morgan fingerprint density at radius 2 is 2.20 bits per heavy atom. The molecule has 1 aromatic carbocycles. The summed E-state index contributed by atoms with van der Waals surface area (Å²) >= 11 is 0. The quantitative estimate of drug-likeness (QED) is 0.483. The molecule has 0 aliphatic carbocycles. The zero-order valence-corrected chi connectivity index (χ0v) is 11.0. The molecule has 0 unspecified atom stereocenters. The highest BCUT2D eigenvalue weighted by Gasteiger charge is 2.09. The van der Waals surface area contributed by atoms with Gasteiger partial charge in [0.25, 0.3) is 0 Å². The van der Waals surface area contributed by atoms with E-state index < -0.39 is 5.97 Å². The second-order valence-electron chi connectivity index (χ2n) is 4.12. The van der Waals surface area contributed by atoms with Gasteiger partial charge in [0, 0.05) is 11.8 Å². The second-order valence-corrected chi connectivity index (χ2v) is 4.12. The Bertz CT molecular complexity index is 666. The van der Waals surface area contributed by atoms with E-state index in [9.17, 15) is 4.79 Å². The molecule has 0 atom stereocenters. The first-order chi connectivity index (χ1) is 9.72. The number of rotatable bonds is 4. The van der Waals surface area contributed by atoms with E-state index in [0.29, 0.717) is 12.1 Å². The van der Waals surface area contributed by atoms with Gasteiger partial charge in [-0.15, -0.1) is 0 Å². The first-order valence-electron chi connectivity index (χ1n) is 5.99. The smallest absolute Gasteiger partial charge is 0.348 e. The van der Waals surface area contributed by atoms with Crippen LogP contribution in [0.1, 0.15) is 11.1 Å². The number of carbonyl (C=O) groups is 1. The van der Waals surface area contributed by atoms with Crippen LogP contribution in [0.15, 0.2) is 48.3 Å². The fourth-order valence-corrected chi connectivity index (χ4v) is 1.72. The van der Waals surface area contributed by atoms with E-state index in [1.807, 2.05) is 36.4 Å². The number of ether oxygens (including phenoxy) is 1. The highest BCUT2D eigenvalue weighted by Crippen LogP contribution is 2.08. The van der Waals surface area contributed by atoms with E-state index >= 15 is 0 Å². The zero-order valence-electron chi connectivity index (χ0n) is 11.0. The summed E-state index contributed by atoms with van der Waals surface area (Å²) in [6.45, 7) is 0.634. The number of carbonyl (C=O) groups excluding carboxylic acids is 1. The summed E-state index contributed by atoms with van der Waals surface area (Å²) in [5, 5.41) is 13.1. The maximum Gasteiger partial charge on any atom is 0.348 e. The first kappa shape index (κ1) is 13.6. The van der Waals surface area contributed by atoms with Gasteiger partial charge in [-0.2, -0.15) is 10.4 Å². The average molecular weight is 267 g/mol. The Balaban J connectivity index is 2.15. The third-order valence-corrected chi connectivity index (χ3v) is 2.68. The van der Waals surface area contributed by atoms with E-state index in [0.717, 1.165) is 5.56 Å². The largest absolute Gasteiger partial charge is 0.465 e. The molecule has 20 heavy (non-hydrogen) atoms. The van der Waals surface area contributed by atoms with Crippen molar-refractivity contribution < 1.29 is 9.53 Å². The summed E-state index contributed by atoms with van der Waals surface area (Å²) in [6.07, 6.45) is 4.83. The maximum atomic E-state index is 11.3. The van der Waals surface area contributed by atoms with Crippen molar-refractivity contribution in [1.82, 2.24) is 9.78 Å². The van der Waals surface area contributed by atoms with Crippen molar-refractivity contribution in [1.29, 1.82) is 5.26 Å². The van der Waals surface area contributed by atoms with Gasteiger partial charge >= 0.3 is 5.97 Å². The zero-order chi connectivity index (χ0) is 14.4. The van der Waals surface area contributed by atoms with Gasteiger partial charge in [-0.05, 0) is 11.6 Å². The third-order valence-electron chi connectivity index (χ3n) is 2.68. The summed E-state index contributed by atoms with van der Waals surface area (Å²) < 4.78 is 6.26. The second kappa shape index (κ2) is 6.34. The number of esters is 1. The number of nitrogens with zero attached hydrogens (tertiary/aromatic N) is 3. The van der Waals surface area contributed by atoms with Crippen LogP contribution in [0.4, 0.5) is 0 Å². The van der Waals surface area contributed by atoms with E-state index in [1.165, 1.54) is 13.2 Å². The Morgan fingerprint density at radius 1 is 1.45 bits per heavy atom. The molecule has 0 spiro atoms. The molecule has 1 heterocycles. The number of methoxy groups -OCH3 is 1. The van der Waals surface area contributed by atoms with Crippen LogP contribution in [0.25, 0.3) is 6.08 Å². The van der Waals surface area contributed by atoms with Gasteiger partial charge in [0.15, 0.2) is 0 Å². The standard InChI is InChI=1S/C15H13N3O2/c1-20-15(19)14(8-16)7-13-9-17-18(11-13)10-12-5-3-2-4-6-12/h2-7,9,11H,10H2,1H3/b14-7+. The SMILES string of the molecule is COC(=O)/C(C#N)=C/c1cnn(Cc2ccccc2)c1. The minimum absolute atomic E-state index is 0.0493. The molecule has 100 valence electrons. The molecule has 0 aliphatic heterocycles. The molecule has 0 radical (unpaired) electrons. The molecule has 0 saturated carbocycles. The minimum atomic E-state index is -0.650. The van der Waals surface area contributed by atoms with Gasteiger partial charge in [-0.1, -0.05) is 30.3 Å². The van der Waals surface area contributed by atoms with Crippen molar-refractivity contribution in [3.63, 3.8) is 0 Å². The van der Waals surface area contributed by atoms with Crippen LogP contribution in [-0.2, 0) is 16.1 Å². The predicted octanol–water partition coefficient (Wildman–Crippen LogP) is 2.01. The number of aromatic nitrogens is 2. The molecule has 5 heteroatoms. The Kier molecular flexibility index (Phi) is 4.30. The summed E-state index contributed by atoms with van der Waals surface area (Å²) in [6, 6.07) is 11.7. The summed E-state index contributed by atoms with van der Waals surface area (Å²) in [7, 11) is 1.24. The molecule has 0 fully saturated rings. The van der Waals surface area contributed by atoms with Gasteiger partial charge in [-0.3, -0.25) is 4.68 Å². The fourth-order valence-electron chi connectivity index (χ4n) is 1.72. The molecule has 2 aromatic rings. The molecule has 0 N–H and O–H groups in total. The Morgan fingerprint density at radius 3 is 2.85 bits per heavy atom. The van der Waals surface area contributed by atoms with Gasteiger partial charge < -0.3 is 4.74 Å². The lowest BCUT2D eigenvalue weighted by molar-refractivity contribution is -0.135. The molecular formula is C15H13N3O2. The molecule has 0 amide bonds. The van der Waals surface area contributed by atoms with Crippen LogP contribution in [0.5, 0.6) is 0 Å². The molecular weight excluding hydrogens is 254 g/mol. The normalized spacial score (nSPS) is 10.9. The topological polar surface area (TPSA) is 67.9 Å². The van der Waals surface area contributed by atoms with Crippen molar-refractivity contribution in [3.8, 4) is 6.07 Å². The number of benzene rings is 1. The Labute approximate surface area is 116 Å². The van der Waals surface area contributed by atoms with E-state index in [1.54, 1.807) is 17.1 Å². The molecule has 0 bridgehead atoms. The highest BCUT2D eigenvalue weighted by atomic mass is 16.5. The van der Waals surface area contributed by atoms with Crippen LogP contribution in [0.3, 0.4) is 0 Å². The third kappa shape index (κ3) is 3.33. The van der Waals surface area contributed by atoms with Crippen LogP contribution in [0.2, 0.25) is 0 Å². The van der Waals surface area contributed by atoms with Crippen molar-refractivity contribution in [2.75, 3.05) is 7.11 Å². The minimum Gasteiger partial charge on any atom is -0.465 e. The fraction of sp³-hybridized carbons (Fsp3) is 0.133. The summed E-state index contributed by atoms with van der Waals surface area (Å²) in [4.78, 5) is 11.3. The van der Waals surface area contributed by atoms with Crippen molar-refractivity contribution >= 4 is 12.0 Å². The van der Waals surface area contributed by atoms with Crippen molar-refractivity contribution in [3.05, 3.63) is 59.4 Å². The molecule has 1 aromatic heterocycles. The monoisotopic (exact) mass is 267 g/mol. The van der Waals surface area contributed by atoms with Crippen molar-refractivity contribution in [2.45, 2.75) is 6.54 Å². The van der Waals surface area contributed by atoms with Crippen LogP contribution in [-0.4, -0.2) is 22.9 Å². The van der Waals surface area contributed by atoms with Crippen LogP contribution < -0.4 is 0 Å². The molecule has 0 saturated heterocycles. The van der Waals surface area contributed by atoms with Crippen molar-refractivity contribution in [2.24, 2.45) is 0 Å². The number of hydrogen-bond donors (Lipinski definition) is 0. The van der Waals surface area contributed by atoms with Crippen LogP contribution >= 0.6 is 0 Å². The van der Waals surface area contributed by atoms with E-state index in [2.05, 4.69) is 9.84 Å². The first-order valence-corrected chi connectivity index (χ1v) is 5.99. The summed E-state index contributed by atoms with van der Waals surface area (Å²) in [5.74, 6) is -0.650. The maximum absolute atomic E-state index is 11.3. The van der Waals surface area contributed by atoms with Gasteiger partial charge in [0.1, 0.15) is 11.6 Å². The highest BCUT2D eigenvalue weighted by molar-refractivity contribution is 5.97. The van der Waals surface area contributed by atoms with E-state index in [4.69, 9.17) is 5.26 Å². The average Bonchev–Trinajstić information content (AvgIpc) is 2.92. The molecule has 0 aliphatic rings. The molecule has 5 nitrogen and oxygen atoms in total. The lowest BCUT2D eigenvalue weighted by atomic mass is 10.2. The lowest BCUT2D eigenvalue weighted by Crippen LogP contribution is -2.02. The molecule has 2 rings (SSSR count). The van der Waals surface area contributed by atoms with E-state index in [-0.39, 0.29) is 5.57 Å².